The zero-order chi connectivity index (χ0) is 9.68. The minimum atomic E-state index is 0.592. The van der Waals surface area contributed by atoms with Gasteiger partial charge in [-0.25, -0.2) is 0 Å². The third kappa shape index (κ3) is 4.44. The van der Waals surface area contributed by atoms with E-state index in [0.29, 0.717) is 6.04 Å². The smallest absolute Gasteiger partial charge is 0.0169 e. The molecular weight excluding hydrogens is 160 g/mol. The van der Waals surface area contributed by atoms with Crippen molar-refractivity contribution in [2.24, 2.45) is 0 Å². The average Bonchev–Trinajstić information content (AvgIpc) is 2.53. The first-order valence-corrected chi connectivity index (χ1v) is 5.28. The van der Waals surface area contributed by atoms with E-state index in [1.165, 1.54) is 38.0 Å². The number of likely N-dealkylation sites (tertiary alicyclic amines) is 1. The lowest BCUT2D eigenvalue weighted by Crippen LogP contribution is -2.38. The molecule has 1 fully saturated rings. The van der Waals surface area contributed by atoms with Gasteiger partial charge in [0.25, 0.3) is 0 Å². The van der Waals surface area contributed by atoms with E-state index in [4.69, 9.17) is 0 Å². The highest BCUT2D eigenvalue weighted by Crippen LogP contribution is 2.07. The molecule has 0 aromatic heterocycles. The van der Waals surface area contributed by atoms with Crippen LogP contribution in [0.4, 0.5) is 0 Å². The van der Waals surface area contributed by atoms with Crippen LogP contribution in [0.3, 0.4) is 0 Å². The van der Waals surface area contributed by atoms with E-state index in [1.54, 1.807) is 0 Å². The topological polar surface area (TPSA) is 15.3 Å². The van der Waals surface area contributed by atoms with Crippen LogP contribution in [0.25, 0.3) is 0 Å². The molecule has 2 nitrogen and oxygen atoms in total. The summed E-state index contributed by atoms with van der Waals surface area (Å²) in [6, 6.07) is 0.592. The maximum absolute atomic E-state index is 3.88. The summed E-state index contributed by atoms with van der Waals surface area (Å²) in [4.78, 5) is 2.54. The molecule has 1 rings (SSSR count). The van der Waals surface area contributed by atoms with Gasteiger partial charge in [-0.1, -0.05) is 12.2 Å². The van der Waals surface area contributed by atoms with Gasteiger partial charge in [0, 0.05) is 19.1 Å². The van der Waals surface area contributed by atoms with Crippen LogP contribution >= 0.6 is 0 Å². The molecule has 76 valence electrons. The number of rotatable bonds is 5. The van der Waals surface area contributed by atoms with Crippen LogP contribution in [-0.2, 0) is 0 Å². The second-order valence-electron chi connectivity index (χ2n) is 4.25. The SMILES string of the molecule is C=C(C)CNC(C)CN1CCCC1. The molecule has 13 heavy (non-hydrogen) atoms. The van der Waals surface area contributed by atoms with E-state index in [2.05, 4.69) is 30.6 Å². The Labute approximate surface area is 82.0 Å². The number of nitrogens with zero attached hydrogens (tertiary/aromatic N) is 1. The number of hydrogen-bond donors (Lipinski definition) is 1. The molecule has 1 aliphatic rings. The van der Waals surface area contributed by atoms with E-state index >= 15 is 0 Å². The molecule has 1 unspecified atom stereocenters. The first-order valence-electron chi connectivity index (χ1n) is 5.28. The third-order valence-corrected chi connectivity index (χ3v) is 2.48. The fourth-order valence-corrected chi connectivity index (χ4v) is 1.77. The summed E-state index contributed by atoms with van der Waals surface area (Å²) in [7, 11) is 0. The van der Waals surface area contributed by atoms with Crippen molar-refractivity contribution in [2.75, 3.05) is 26.2 Å². The number of nitrogens with one attached hydrogen (secondary N) is 1. The van der Waals surface area contributed by atoms with Crippen molar-refractivity contribution in [1.82, 2.24) is 10.2 Å². The molecule has 2 heteroatoms. The van der Waals surface area contributed by atoms with Crippen molar-refractivity contribution in [3.8, 4) is 0 Å². The largest absolute Gasteiger partial charge is 0.309 e. The Kier molecular flexibility index (Phi) is 4.46. The first-order chi connectivity index (χ1) is 6.18. The highest BCUT2D eigenvalue weighted by atomic mass is 15.2. The van der Waals surface area contributed by atoms with Crippen molar-refractivity contribution in [1.29, 1.82) is 0 Å². The molecule has 1 saturated heterocycles. The summed E-state index contributed by atoms with van der Waals surface area (Å²) in [5.74, 6) is 0. The van der Waals surface area contributed by atoms with Crippen molar-refractivity contribution >= 4 is 0 Å². The molecule has 0 radical (unpaired) electrons. The van der Waals surface area contributed by atoms with Crippen molar-refractivity contribution < 1.29 is 0 Å². The molecule has 0 spiro atoms. The maximum atomic E-state index is 3.88. The normalized spacial score (nSPS) is 20.5. The van der Waals surface area contributed by atoms with Crippen LogP contribution in [0.5, 0.6) is 0 Å². The Hall–Kier alpha value is -0.340. The van der Waals surface area contributed by atoms with Gasteiger partial charge in [0.15, 0.2) is 0 Å². The molecular formula is C11H22N2. The summed E-state index contributed by atoms with van der Waals surface area (Å²) >= 11 is 0. The van der Waals surface area contributed by atoms with E-state index in [9.17, 15) is 0 Å². The van der Waals surface area contributed by atoms with Gasteiger partial charge in [0.05, 0.1) is 0 Å². The second-order valence-corrected chi connectivity index (χ2v) is 4.25. The Morgan fingerprint density at radius 1 is 1.46 bits per heavy atom. The Morgan fingerprint density at radius 2 is 2.08 bits per heavy atom. The number of hydrogen-bond acceptors (Lipinski definition) is 2. The lowest BCUT2D eigenvalue weighted by atomic mass is 10.2. The lowest BCUT2D eigenvalue weighted by Gasteiger charge is -2.21. The summed E-state index contributed by atoms with van der Waals surface area (Å²) in [6.45, 7) is 12.9. The molecule has 0 amide bonds. The highest BCUT2D eigenvalue weighted by molar-refractivity contribution is 4.91. The van der Waals surface area contributed by atoms with Gasteiger partial charge in [0.2, 0.25) is 0 Å². The molecule has 0 aromatic rings. The second kappa shape index (κ2) is 5.40. The summed E-state index contributed by atoms with van der Waals surface area (Å²) < 4.78 is 0. The van der Waals surface area contributed by atoms with Gasteiger partial charge < -0.3 is 10.2 Å². The maximum Gasteiger partial charge on any atom is 0.0169 e. The lowest BCUT2D eigenvalue weighted by molar-refractivity contribution is 0.302. The van der Waals surface area contributed by atoms with E-state index in [-0.39, 0.29) is 0 Å². The fraction of sp³-hybridized carbons (Fsp3) is 0.818. The predicted octanol–water partition coefficient (Wildman–Crippen LogP) is 1.64. The predicted molar refractivity (Wildman–Crippen MR) is 58.0 cm³/mol. The van der Waals surface area contributed by atoms with E-state index in [1.807, 2.05) is 0 Å². The van der Waals surface area contributed by atoms with Gasteiger partial charge in [-0.3, -0.25) is 0 Å². The fourth-order valence-electron chi connectivity index (χ4n) is 1.77. The third-order valence-electron chi connectivity index (χ3n) is 2.48. The Bertz CT molecular complexity index is 159. The van der Waals surface area contributed by atoms with Crippen molar-refractivity contribution in [3.63, 3.8) is 0 Å². The highest BCUT2D eigenvalue weighted by Gasteiger charge is 2.13. The first kappa shape index (κ1) is 10.7. The van der Waals surface area contributed by atoms with Crippen LogP contribution in [0.1, 0.15) is 26.7 Å². The standard InChI is InChI=1S/C11H22N2/c1-10(2)8-12-11(3)9-13-6-4-5-7-13/h11-12H,1,4-9H2,2-3H3. The molecule has 0 aromatic carbocycles. The molecule has 1 heterocycles. The quantitative estimate of drug-likeness (QED) is 0.650. The summed E-state index contributed by atoms with van der Waals surface area (Å²) in [6.07, 6.45) is 2.76. The average molecular weight is 182 g/mol. The summed E-state index contributed by atoms with van der Waals surface area (Å²) in [5, 5.41) is 3.47. The van der Waals surface area contributed by atoms with Crippen LogP contribution in [0.2, 0.25) is 0 Å². The van der Waals surface area contributed by atoms with Gasteiger partial charge in [-0.15, -0.1) is 0 Å². The molecule has 1 N–H and O–H groups in total. The van der Waals surface area contributed by atoms with Crippen LogP contribution in [0.15, 0.2) is 12.2 Å². The zero-order valence-electron chi connectivity index (χ0n) is 8.97. The van der Waals surface area contributed by atoms with Crippen LogP contribution < -0.4 is 5.32 Å². The van der Waals surface area contributed by atoms with Crippen molar-refractivity contribution in [3.05, 3.63) is 12.2 Å². The summed E-state index contributed by atoms with van der Waals surface area (Å²) in [5.41, 5.74) is 1.22. The molecule has 0 aliphatic carbocycles. The molecule has 1 atom stereocenters. The van der Waals surface area contributed by atoms with Gasteiger partial charge in [-0.05, 0) is 39.8 Å². The molecule has 1 aliphatic heterocycles. The van der Waals surface area contributed by atoms with Gasteiger partial charge >= 0.3 is 0 Å². The van der Waals surface area contributed by atoms with Gasteiger partial charge in [-0.2, -0.15) is 0 Å². The van der Waals surface area contributed by atoms with Crippen molar-refractivity contribution in [2.45, 2.75) is 32.7 Å². The van der Waals surface area contributed by atoms with E-state index < -0.39 is 0 Å². The molecule has 0 saturated carbocycles. The minimum absolute atomic E-state index is 0.592. The van der Waals surface area contributed by atoms with Gasteiger partial charge in [0.1, 0.15) is 0 Å². The Balaban J connectivity index is 2.09. The van der Waals surface area contributed by atoms with E-state index in [0.717, 1.165) is 6.54 Å². The van der Waals surface area contributed by atoms with Crippen LogP contribution in [0, 0.1) is 0 Å². The monoisotopic (exact) mass is 182 g/mol. The van der Waals surface area contributed by atoms with Crippen LogP contribution in [-0.4, -0.2) is 37.1 Å². The Morgan fingerprint density at radius 3 is 2.62 bits per heavy atom. The molecule has 0 bridgehead atoms. The zero-order valence-corrected chi connectivity index (χ0v) is 8.97. The minimum Gasteiger partial charge on any atom is -0.309 e.